The van der Waals surface area contributed by atoms with E-state index in [4.69, 9.17) is 11.6 Å². The average Bonchev–Trinajstić information content (AvgIpc) is 3.10. The highest BCUT2D eigenvalue weighted by molar-refractivity contribution is 7.13. The van der Waals surface area contributed by atoms with Crippen LogP contribution in [0.25, 0.3) is 10.6 Å². The number of halogens is 1. The molecule has 0 bridgehead atoms. The minimum absolute atomic E-state index is 0.112. The van der Waals surface area contributed by atoms with Crippen LogP contribution in [0.3, 0.4) is 0 Å². The van der Waals surface area contributed by atoms with Crippen LogP contribution in [0.1, 0.15) is 30.7 Å². The molecule has 0 spiro atoms. The number of thiazole rings is 1. The molecule has 3 rings (SSSR count). The van der Waals surface area contributed by atoms with Gasteiger partial charge in [0.25, 0.3) is 0 Å². The zero-order valence-corrected chi connectivity index (χ0v) is 16.5. The minimum atomic E-state index is -0.604. The lowest BCUT2D eigenvalue weighted by molar-refractivity contribution is -0.121. The smallest absolute Gasteiger partial charge is 0.226 e. The molecule has 2 N–H and O–H groups in total. The van der Waals surface area contributed by atoms with Crippen molar-refractivity contribution in [2.75, 3.05) is 0 Å². The van der Waals surface area contributed by atoms with Crippen molar-refractivity contribution in [2.45, 2.75) is 31.9 Å². The molecule has 6 heteroatoms. The Bertz CT molecular complexity index is 898. The summed E-state index contributed by atoms with van der Waals surface area (Å²) in [5, 5.41) is 16.5. The van der Waals surface area contributed by atoms with Gasteiger partial charge in [-0.15, -0.1) is 11.3 Å². The Morgan fingerprint density at radius 1 is 1.19 bits per heavy atom. The molecule has 27 heavy (non-hydrogen) atoms. The van der Waals surface area contributed by atoms with E-state index in [1.165, 1.54) is 11.3 Å². The second-order valence-corrected chi connectivity index (χ2v) is 7.70. The van der Waals surface area contributed by atoms with E-state index in [9.17, 15) is 9.90 Å². The first-order valence-electron chi connectivity index (χ1n) is 8.74. The van der Waals surface area contributed by atoms with Crippen molar-refractivity contribution in [2.24, 2.45) is 0 Å². The van der Waals surface area contributed by atoms with Crippen LogP contribution in [-0.2, 0) is 11.2 Å². The van der Waals surface area contributed by atoms with Crippen molar-refractivity contribution in [1.29, 1.82) is 0 Å². The molecule has 0 saturated heterocycles. The van der Waals surface area contributed by atoms with Crippen LogP contribution in [0, 0.1) is 0 Å². The second kappa shape index (κ2) is 9.13. The van der Waals surface area contributed by atoms with Crippen molar-refractivity contribution in [3.63, 3.8) is 0 Å². The molecule has 2 aromatic carbocycles. The number of carbonyl (C=O) groups excluding carboxylic acids is 1. The number of aliphatic hydroxyl groups is 1. The molecule has 2 atom stereocenters. The van der Waals surface area contributed by atoms with Crippen LogP contribution in [0.5, 0.6) is 0 Å². The van der Waals surface area contributed by atoms with E-state index in [1.807, 2.05) is 66.9 Å². The second-order valence-electron chi connectivity index (χ2n) is 6.43. The van der Waals surface area contributed by atoms with Crippen LogP contribution in [0.2, 0.25) is 5.02 Å². The number of aromatic nitrogens is 1. The number of nitrogens with zero attached hydrogens (tertiary/aromatic N) is 1. The summed E-state index contributed by atoms with van der Waals surface area (Å²) >= 11 is 7.68. The summed E-state index contributed by atoms with van der Waals surface area (Å²) in [6.45, 7) is 1.89. The summed E-state index contributed by atoms with van der Waals surface area (Å²) in [5.74, 6) is -0.112. The van der Waals surface area contributed by atoms with Crippen LogP contribution < -0.4 is 5.32 Å². The molecule has 0 saturated carbocycles. The molecule has 0 unspecified atom stereocenters. The molecule has 3 aromatic rings. The molecule has 0 radical (unpaired) electrons. The molecule has 1 heterocycles. The zero-order valence-electron chi connectivity index (χ0n) is 14.9. The lowest BCUT2D eigenvalue weighted by Gasteiger charge is -2.18. The van der Waals surface area contributed by atoms with Crippen LogP contribution >= 0.6 is 22.9 Å². The maximum Gasteiger partial charge on any atom is 0.226 e. The molecule has 0 aliphatic rings. The summed E-state index contributed by atoms with van der Waals surface area (Å²) in [4.78, 5) is 16.8. The van der Waals surface area contributed by atoms with E-state index in [-0.39, 0.29) is 18.4 Å². The van der Waals surface area contributed by atoms with Crippen molar-refractivity contribution in [1.82, 2.24) is 10.3 Å². The highest BCUT2D eigenvalue weighted by atomic mass is 35.5. The number of hydrogen-bond donors (Lipinski definition) is 2. The number of aliphatic hydroxyl groups excluding tert-OH is 1. The minimum Gasteiger partial charge on any atom is -0.388 e. The maximum absolute atomic E-state index is 12.3. The molecule has 1 amide bonds. The lowest BCUT2D eigenvalue weighted by atomic mass is 10.0. The summed E-state index contributed by atoms with van der Waals surface area (Å²) in [5.41, 5.74) is 2.43. The Kier molecular flexibility index (Phi) is 6.61. The molecule has 4 nitrogen and oxygen atoms in total. The van der Waals surface area contributed by atoms with E-state index in [0.717, 1.165) is 16.1 Å². The topological polar surface area (TPSA) is 62.2 Å². The number of carbonyl (C=O) groups is 1. The molecular weight excluding hydrogens is 380 g/mol. The Morgan fingerprint density at radius 2 is 1.89 bits per heavy atom. The van der Waals surface area contributed by atoms with Crippen LogP contribution in [-0.4, -0.2) is 22.0 Å². The third kappa shape index (κ3) is 5.39. The number of nitrogens with one attached hydrogen (secondary N) is 1. The fourth-order valence-corrected chi connectivity index (χ4v) is 3.98. The van der Waals surface area contributed by atoms with E-state index in [2.05, 4.69) is 10.3 Å². The number of hydrogen-bond acceptors (Lipinski definition) is 4. The first kappa shape index (κ1) is 19.5. The summed E-state index contributed by atoms with van der Waals surface area (Å²) in [6, 6.07) is 16.8. The first-order chi connectivity index (χ1) is 13.0. The van der Waals surface area contributed by atoms with E-state index in [1.54, 1.807) is 0 Å². The van der Waals surface area contributed by atoms with Crippen LogP contribution in [0.4, 0.5) is 0 Å². The van der Waals surface area contributed by atoms with Gasteiger partial charge in [0.05, 0.1) is 23.2 Å². The predicted octanol–water partition coefficient (Wildman–Crippen LogP) is 4.63. The normalized spacial score (nSPS) is 13.1. The molecule has 1 aromatic heterocycles. The fraction of sp³-hybridized carbons (Fsp3) is 0.238. The van der Waals surface area contributed by atoms with Crippen molar-refractivity contribution in [3.8, 4) is 10.6 Å². The Morgan fingerprint density at radius 3 is 2.63 bits per heavy atom. The van der Waals surface area contributed by atoms with Crippen molar-refractivity contribution < 1.29 is 9.90 Å². The zero-order chi connectivity index (χ0) is 19.2. The molecule has 0 fully saturated rings. The molecule has 0 aliphatic carbocycles. The standard InChI is InChI=1S/C21H21ClN2O2S/c1-14(11-19(25)15-7-3-2-4-8-15)23-20(26)12-16-13-27-21(24-16)17-9-5-6-10-18(17)22/h2-10,13-14,19,25H,11-12H2,1H3,(H,23,26)/t14-,19-/m1/s1. The van der Waals surface area contributed by atoms with E-state index < -0.39 is 6.10 Å². The van der Waals surface area contributed by atoms with Crippen molar-refractivity contribution >= 4 is 28.8 Å². The van der Waals surface area contributed by atoms with Gasteiger partial charge in [-0.3, -0.25) is 4.79 Å². The highest BCUT2D eigenvalue weighted by Crippen LogP contribution is 2.30. The van der Waals surface area contributed by atoms with Crippen LogP contribution in [0.15, 0.2) is 60.0 Å². The predicted molar refractivity (Wildman–Crippen MR) is 110 cm³/mol. The van der Waals surface area contributed by atoms with Crippen molar-refractivity contribution in [3.05, 3.63) is 76.3 Å². The Hall–Kier alpha value is -2.21. The van der Waals surface area contributed by atoms with E-state index >= 15 is 0 Å². The number of rotatable bonds is 7. The van der Waals surface area contributed by atoms with Gasteiger partial charge in [-0.1, -0.05) is 60.1 Å². The molecule has 140 valence electrons. The van der Waals surface area contributed by atoms with Gasteiger partial charge in [-0.25, -0.2) is 4.98 Å². The van der Waals surface area contributed by atoms with Gasteiger partial charge in [0, 0.05) is 17.0 Å². The largest absolute Gasteiger partial charge is 0.388 e. The summed E-state index contributed by atoms with van der Waals surface area (Å²) in [6.07, 6.45) is 0.0531. The van der Waals surface area contributed by atoms with Gasteiger partial charge >= 0.3 is 0 Å². The van der Waals surface area contributed by atoms with Gasteiger partial charge in [0.15, 0.2) is 0 Å². The average molecular weight is 401 g/mol. The third-order valence-corrected chi connectivity index (χ3v) is 5.42. The molecule has 0 aliphatic heterocycles. The van der Waals surface area contributed by atoms with E-state index in [0.29, 0.717) is 17.1 Å². The third-order valence-electron chi connectivity index (χ3n) is 4.17. The van der Waals surface area contributed by atoms with Gasteiger partial charge in [-0.05, 0) is 25.0 Å². The Balaban J connectivity index is 1.54. The SMILES string of the molecule is C[C@H](C[C@@H](O)c1ccccc1)NC(=O)Cc1csc(-c2ccccc2Cl)n1. The van der Waals surface area contributed by atoms with Gasteiger partial charge < -0.3 is 10.4 Å². The van der Waals surface area contributed by atoms with Gasteiger partial charge in [0.2, 0.25) is 5.91 Å². The van der Waals surface area contributed by atoms with Gasteiger partial charge in [0.1, 0.15) is 5.01 Å². The molecular formula is C21H21ClN2O2S. The fourth-order valence-electron chi connectivity index (χ4n) is 2.84. The summed E-state index contributed by atoms with van der Waals surface area (Å²) in [7, 11) is 0. The maximum atomic E-state index is 12.3. The summed E-state index contributed by atoms with van der Waals surface area (Å²) < 4.78 is 0. The first-order valence-corrected chi connectivity index (χ1v) is 10.0. The van der Waals surface area contributed by atoms with Gasteiger partial charge in [-0.2, -0.15) is 0 Å². The highest BCUT2D eigenvalue weighted by Gasteiger charge is 2.16. The number of benzene rings is 2. The number of amides is 1. The Labute approximate surface area is 167 Å². The monoisotopic (exact) mass is 400 g/mol. The quantitative estimate of drug-likeness (QED) is 0.607. The lowest BCUT2D eigenvalue weighted by Crippen LogP contribution is -2.34.